The van der Waals surface area contributed by atoms with Crippen LogP contribution in [0.15, 0.2) is 273 Å². The number of hydrogen-bond donors (Lipinski definition) is 0. The molecule has 342 valence electrons. The molecule has 2 aliphatic rings. The van der Waals surface area contributed by atoms with Gasteiger partial charge in [0.1, 0.15) is 0 Å². The van der Waals surface area contributed by atoms with E-state index in [1.807, 2.05) is 0 Å². The minimum atomic E-state index is -0.541. The van der Waals surface area contributed by atoms with Crippen LogP contribution in [0.2, 0.25) is 0 Å². The van der Waals surface area contributed by atoms with Crippen LogP contribution in [0.1, 0.15) is 22.3 Å². The Hall–Kier alpha value is -9.56. The van der Waals surface area contributed by atoms with E-state index in [1.54, 1.807) is 0 Å². The highest BCUT2D eigenvalue weighted by Gasteiger charge is 2.52. The molecule has 2 aliphatic carbocycles. The van der Waals surface area contributed by atoms with E-state index in [0.717, 1.165) is 22.6 Å². The molecule has 0 atom stereocenters. The first kappa shape index (κ1) is 41.1. The molecule has 0 bridgehead atoms. The molecule has 0 aliphatic heterocycles. The van der Waals surface area contributed by atoms with Crippen LogP contribution in [0.3, 0.4) is 0 Å². The van der Waals surface area contributed by atoms with Gasteiger partial charge in [0.05, 0.1) is 16.8 Å². The second-order valence-corrected chi connectivity index (χ2v) is 20.2. The fraction of sp³-hybridized carbons (Fsp3) is 0.0137. The minimum Gasteiger partial charge on any atom is -0.309 e. The summed E-state index contributed by atoms with van der Waals surface area (Å²) in [6.07, 6.45) is 0. The standard InChI is InChI=1S/C73H45N/c1-3-21-51-46(18-1)20-17-32-52(51)47-36-38-48(39-37-47)64-44-66-62-30-13-16-35-69(62)73(67-33-14-11-28-60(67)61-29-12-15-34-68(61)73)70(66)45-72(64)74(71-42-49-19-2-4-22-53(49)54-23-9-10-31-63(54)71)50-40-41-59-57-26-6-5-24-55(57)56-25-7-8-27-58(56)65(59)43-50/h1-45H. The van der Waals surface area contributed by atoms with Gasteiger partial charge in [0, 0.05) is 16.6 Å². The summed E-state index contributed by atoms with van der Waals surface area (Å²) in [7, 11) is 0. The van der Waals surface area contributed by atoms with Gasteiger partial charge < -0.3 is 4.90 Å². The van der Waals surface area contributed by atoms with Gasteiger partial charge in [-0.25, -0.2) is 0 Å². The molecule has 14 aromatic carbocycles. The number of benzene rings is 14. The highest BCUT2D eigenvalue weighted by Crippen LogP contribution is 2.64. The fourth-order valence-corrected chi connectivity index (χ4v) is 13.5. The van der Waals surface area contributed by atoms with Crippen molar-refractivity contribution in [3.8, 4) is 44.5 Å². The van der Waals surface area contributed by atoms with E-state index in [1.165, 1.54) is 126 Å². The summed E-state index contributed by atoms with van der Waals surface area (Å²) in [6.45, 7) is 0. The molecular formula is C73H45N. The maximum absolute atomic E-state index is 2.61. The third kappa shape index (κ3) is 5.69. The van der Waals surface area contributed by atoms with Crippen LogP contribution in [0, 0.1) is 0 Å². The van der Waals surface area contributed by atoms with Crippen LogP contribution < -0.4 is 4.90 Å². The molecule has 0 fully saturated rings. The quantitative estimate of drug-likeness (QED) is 0.155. The normalized spacial score (nSPS) is 13.0. The Morgan fingerprint density at radius 1 is 0.216 bits per heavy atom. The van der Waals surface area contributed by atoms with Crippen LogP contribution in [-0.2, 0) is 5.41 Å². The minimum absolute atomic E-state index is 0.541. The Kier molecular flexibility index (Phi) is 8.73. The molecule has 1 heteroatoms. The number of fused-ring (bicyclic) bond motifs is 20. The number of rotatable bonds is 5. The number of nitrogens with zero attached hydrogens (tertiary/aromatic N) is 1. The topological polar surface area (TPSA) is 3.24 Å². The predicted octanol–water partition coefficient (Wildman–Crippen LogP) is 19.8. The van der Waals surface area contributed by atoms with E-state index >= 15 is 0 Å². The third-order valence-electron chi connectivity index (χ3n) is 16.6. The monoisotopic (exact) mass is 935 g/mol. The van der Waals surface area contributed by atoms with Gasteiger partial charge >= 0.3 is 0 Å². The molecule has 1 spiro atoms. The lowest BCUT2D eigenvalue weighted by atomic mass is 9.70. The maximum Gasteiger partial charge on any atom is 0.0726 e. The summed E-state index contributed by atoms with van der Waals surface area (Å²) >= 11 is 0. The van der Waals surface area contributed by atoms with Crippen molar-refractivity contribution in [1.29, 1.82) is 0 Å². The van der Waals surface area contributed by atoms with Gasteiger partial charge in [-0.1, -0.05) is 243 Å². The Balaban J connectivity index is 1.05. The Labute approximate surface area is 429 Å². The molecule has 0 saturated heterocycles. The first-order valence-corrected chi connectivity index (χ1v) is 25.8. The largest absolute Gasteiger partial charge is 0.309 e. The summed E-state index contributed by atoms with van der Waals surface area (Å²) in [6, 6.07) is 103. The maximum atomic E-state index is 2.61. The zero-order valence-electron chi connectivity index (χ0n) is 40.4. The van der Waals surface area contributed by atoms with E-state index in [9.17, 15) is 0 Å². The third-order valence-corrected chi connectivity index (χ3v) is 16.6. The van der Waals surface area contributed by atoms with Gasteiger partial charge in [0.15, 0.2) is 0 Å². The van der Waals surface area contributed by atoms with Crippen molar-refractivity contribution in [2.24, 2.45) is 0 Å². The molecule has 1 nitrogen and oxygen atoms in total. The summed E-state index contributed by atoms with van der Waals surface area (Å²) in [5.74, 6) is 0. The van der Waals surface area contributed by atoms with Crippen molar-refractivity contribution in [2.75, 3.05) is 4.90 Å². The average Bonchev–Trinajstić information content (AvgIpc) is 3.94. The van der Waals surface area contributed by atoms with Crippen LogP contribution >= 0.6 is 0 Å². The van der Waals surface area contributed by atoms with Gasteiger partial charge in [-0.3, -0.25) is 0 Å². The lowest BCUT2D eigenvalue weighted by molar-refractivity contribution is 0.794. The first-order chi connectivity index (χ1) is 36.7. The Morgan fingerprint density at radius 3 is 1.27 bits per heavy atom. The second-order valence-electron chi connectivity index (χ2n) is 20.2. The van der Waals surface area contributed by atoms with E-state index in [2.05, 4.69) is 278 Å². The number of hydrogen-bond acceptors (Lipinski definition) is 1. The zero-order valence-corrected chi connectivity index (χ0v) is 40.4. The molecule has 74 heavy (non-hydrogen) atoms. The predicted molar refractivity (Wildman–Crippen MR) is 313 cm³/mol. The van der Waals surface area contributed by atoms with Gasteiger partial charge in [0.25, 0.3) is 0 Å². The van der Waals surface area contributed by atoms with Crippen LogP contribution in [0.4, 0.5) is 17.1 Å². The van der Waals surface area contributed by atoms with Crippen molar-refractivity contribution < 1.29 is 0 Å². The smallest absolute Gasteiger partial charge is 0.0726 e. The van der Waals surface area contributed by atoms with Gasteiger partial charge in [-0.05, 0) is 151 Å². The van der Waals surface area contributed by atoms with Crippen LogP contribution in [0.25, 0.3) is 109 Å². The molecule has 16 rings (SSSR count). The lowest BCUT2D eigenvalue weighted by Crippen LogP contribution is -2.26. The molecule has 14 aromatic rings. The van der Waals surface area contributed by atoms with E-state index in [0.29, 0.717) is 0 Å². The van der Waals surface area contributed by atoms with Gasteiger partial charge in [0.2, 0.25) is 0 Å². The second kappa shape index (κ2) is 15.7. The van der Waals surface area contributed by atoms with Crippen molar-refractivity contribution in [1.82, 2.24) is 0 Å². The van der Waals surface area contributed by atoms with E-state index in [4.69, 9.17) is 0 Å². The summed E-state index contributed by atoms with van der Waals surface area (Å²) < 4.78 is 0. The molecule has 0 aromatic heterocycles. The molecule has 0 N–H and O–H groups in total. The van der Waals surface area contributed by atoms with Crippen molar-refractivity contribution in [3.63, 3.8) is 0 Å². The highest BCUT2D eigenvalue weighted by atomic mass is 15.1. The first-order valence-electron chi connectivity index (χ1n) is 25.8. The SMILES string of the molecule is c1ccc2c(c1)-c1ccccc1C21c2ccccc2-c2cc(-c3ccc(-c4cccc5ccccc45)cc3)c(N(c3ccc4c5ccccc5c5ccccc5c4c3)c3cc4ccccc4c4ccccc34)cc21. The molecule has 0 heterocycles. The molecule has 0 unspecified atom stereocenters. The van der Waals surface area contributed by atoms with Gasteiger partial charge in [-0.15, -0.1) is 0 Å². The van der Waals surface area contributed by atoms with E-state index in [-0.39, 0.29) is 0 Å². The molecule has 0 saturated carbocycles. The summed E-state index contributed by atoms with van der Waals surface area (Å²) in [5.41, 5.74) is 18.0. The summed E-state index contributed by atoms with van der Waals surface area (Å²) in [5, 5.41) is 14.9. The average molecular weight is 936 g/mol. The van der Waals surface area contributed by atoms with Crippen LogP contribution in [0.5, 0.6) is 0 Å². The lowest BCUT2D eigenvalue weighted by Gasteiger charge is -2.34. The summed E-state index contributed by atoms with van der Waals surface area (Å²) in [4.78, 5) is 2.61. The molecule has 0 amide bonds. The highest BCUT2D eigenvalue weighted by molar-refractivity contribution is 6.26. The Morgan fingerprint density at radius 2 is 0.649 bits per heavy atom. The van der Waals surface area contributed by atoms with Gasteiger partial charge in [-0.2, -0.15) is 0 Å². The van der Waals surface area contributed by atoms with Crippen molar-refractivity contribution in [2.45, 2.75) is 5.41 Å². The Bertz CT molecular complexity index is 4590. The van der Waals surface area contributed by atoms with Crippen molar-refractivity contribution >= 4 is 81.7 Å². The fourth-order valence-electron chi connectivity index (χ4n) is 13.5. The van der Waals surface area contributed by atoms with E-state index < -0.39 is 5.41 Å². The molecular weight excluding hydrogens is 891 g/mol. The number of anilines is 3. The molecule has 0 radical (unpaired) electrons. The zero-order chi connectivity index (χ0) is 48.5. The van der Waals surface area contributed by atoms with Crippen LogP contribution in [-0.4, -0.2) is 0 Å². The van der Waals surface area contributed by atoms with Crippen molar-refractivity contribution in [3.05, 3.63) is 295 Å².